The van der Waals surface area contributed by atoms with Crippen LogP contribution < -0.4 is 5.32 Å². The molecule has 0 aliphatic carbocycles. The average Bonchev–Trinajstić information content (AvgIpc) is 3.55. The monoisotopic (exact) mass is 617 g/mol. The highest BCUT2D eigenvalue weighted by Gasteiger charge is 2.52. The minimum absolute atomic E-state index is 0.279. The summed E-state index contributed by atoms with van der Waals surface area (Å²) in [5.74, 6) is -1.36. The highest BCUT2D eigenvalue weighted by atomic mass is 16.7. The van der Waals surface area contributed by atoms with Crippen LogP contribution in [0.3, 0.4) is 0 Å². The van der Waals surface area contributed by atoms with Gasteiger partial charge in [0.15, 0.2) is 24.1 Å². The van der Waals surface area contributed by atoms with Gasteiger partial charge in [-0.3, -0.25) is 0 Å². The third kappa shape index (κ3) is 5.69. The van der Waals surface area contributed by atoms with Gasteiger partial charge in [-0.15, -0.1) is 0 Å². The number of anilines is 1. The Morgan fingerprint density at radius 3 is 2.00 bits per heavy atom. The number of hydrogen-bond acceptors (Lipinski definition) is 11. The topological polar surface area (TPSA) is 144 Å². The molecule has 0 amide bonds. The van der Waals surface area contributed by atoms with E-state index in [0.717, 1.165) is 0 Å². The SMILES string of the molecule is O=C(OC[C@H]1O[C@@H](n2nc3c4c(ncnc42)NCC=C3)[C@H](OC(=O)c2ccccc2)[C@@H]1OC(=O)c1ccccc1)c1ccccc1. The second-order valence-corrected chi connectivity index (χ2v) is 10.5. The molecule has 0 bridgehead atoms. The molecule has 1 saturated heterocycles. The fraction of sp³-hybridized carbons (Fsp3) is 0.176. The molecular weight excluding hydrogens is 590 g/mol. The normalized spacial score (nSPS) is 20.0. The highest BCUT2D eigenvalue weighted by Crippen LogP contribution is 2.38. The molecule has 230 valence electrons. The van der Waals surface area contributed by atoms with E-state index in [9.17, 15) is 14.4 Å². The van der Waals surface area contributed by atoms with Gasteiger partial charge >= 0.3 is 17.9 Å². The fourth-order valence-electron chi connectivity index (χ4n) is 5.41. The molecule has 1 N–H and O–H groups in total. The lowest BCUT2D eigenvalue weighted by Crippen LogP contribution is -2.41. The summed E-state index contributed by atoms with van der Waals surface area (Å²) in [4.78, 5) is 48.7. The van der Waals surface area contributed by atoms with Crippen LogP contribution in [0.25, 0.3) is 17.1 Å². The molecule has 2 aliphatic heterocycles. The molecule has 4 heterocycles. The van der Waals surface area contributed by atoms with Crippen LogP contribution in [0, 0.1) is 0 Å². The smallest absolute Gasteiger partial charge is 0.338 e. The third-order valence-electron chi connectivity index (χ3n) is 7.60. The number of rotatable bonds is 8. The molecule has 46 heavy (non-hydrogen) atoms. The summed E-state index contributed by atoms with van der Waals surface area (Å²) < 4.78 is 25.7. The maximum Gasteiger partial charge on any atom is 0.338 e. The van der Waals surface area contributed by atoms with Crippen molar-refractivity contribution in [1.82, 2.24) is 19.7 Å². The minimum Gasteiger partial charge on any atom is -0.459 e. The van der Waals surface area contributed by atoms with Crippen LogP contribution in [0.1, 0.15) is 43.0 Å². The number of carbonyl (C=O) groups is 3. The van der Waals surface area contributed by atoms with E-state index in [2.05, 4.69) is 15.3 Å². The van der Waals surface area contributed by atoms with E-state index in [1.165, 1.54) is 11.0 Å². The molecule has 7 rings (SSSR count). The Hall–Kier alpha value is -5.88. The van der Waals surface area contributed by atoms with Crippen molar-refractivity contribution in [2.75, 3.05) is 18.5 Å². The zero-order valence-electron chi connectivity index (χ0n) is 24.3. The van der Waals surface area contributed by atoms with Gasteiger partial charge in [-0.1, -0.05) is 60.7 Å². The van der Waals surface area contributed by atoms with Crippen molar-refractivity contribution < 1.29 is 33.3 Å². The van der Waals surface area contributed by atoms with Crippen molar-refractivity contribution in [1.29, 1.82) is 0 Å². The standard InChI is InChI=1S/C34H27N5O7/c40-32(21-11-4-1-5-12-21)43-19-25-27(45-33(41)22-13-6-2-7-14-22)28(46-34(42)23-15-8-3-9-16-23)31(44-25)39-30-26-24(38-39)17-10-18-35-29(26)36-20-37-30/h1-17,20,25,27-28,31H,18-19H2,(H,35,36,37)/t25-,27-,28-,31-/m1/s1. The number of nitrogens with zero attached hydrogens (tertiary/aromatic N) is 4. The first-order valence-corrected chi connectivity index (χ1v) is 14.6. The van der Waals surface area contributed by atoms with Crippen LogP contribution >= 0.6 is 0 Å². The summed E-state index contributed by atoms with van der Waals surface area (Å²) in [5, 5.41) is 8.63. The number of carbonyl (C=O) groups excluding carboxylic acids is 3. The molecule has 2 aliphatic rings. The lowest BCUT2D eigenvalue weighted by atomic mass is 10.1. The van der Waals surface area contributed by atoms with Gasteiger partial charge in [-0.05, 0) is 42.5 Å². The van der Waals surface area contributed by atoms with Crippen molar-refractivity contribution in [3.8, 4) is 0 Å². The Kier molecular flexibility index (Phi) is 7.92. The largest absolute Gasteiger partial charge is 0.459 e. The maximum absolute atomic E-state index is 13.5. The van der Waals surface area contributed by atoms with Crippen LogP contribution in [0.15, 0.2) is 103 Å². The van der Waals surface area contributed by atoms with E-state index in [1.807, 2.05) is 12.2 Å². The molecule has 12 nitrogen and oxygen atoms in total. The lowest BCUT2D eigenvalue weighted by Gasteiger charge is -2.24. The minimum atomic E-state index is -1.23. The van der Waals surface area contributed by atoms with Crippen LogP contribution in [0.4, 0.5) is 5.82 Å². The fourth-order valence-corrected chi connectivity index (χ4v) is 5.41. The number of hydrogen-bond donors (Lipinski definition) is 1. The van der Waals surface area contributed by atoms with E-state index in [0.29, 0.717) is 34.7 Å². The highest BCUT2D eigenvalue weighted by molar-refractivity contribution is 5.95. The summed E-state index contributed by atoms with van der Waals surface area (Å²) in [7, 11) is 0. The number of benzene rings is 3. The van der Waals surface area contributed by atoms with Crippen LogP contribution in [-0.4, -0.2) is 69.1 Å². The first-order chi connectivity index (χ1) is 22.6. The quantitative estimate of drug-likeness (QED) is 0.195. The van der Waals surface area contributed by atoms with Crippen molar-refractivity contribution in [2.24, 2.45) is 0 Å². The van der Waals surface area contributed by atoms with Gasteiger partial charge < -0.3 is 24.3 Å². The third-order valence-corrected chi connectivity index (χ3v) is 7.60. The Labute approximate surface area is 262 Å². The summed E-state index contributed by atoms with van der Waals surface area (Å²) >= 11 is 0. The number of esters is 3. The molecule has 0 radical (unpaired) electrons. The molecule has 3 aromatic carbocycles. The van der Waals surface area contributed by atoms with Crippen molar-refractivity contribution in [3.05, 3.63) is 126 Å². The van der Waals surface area contributed by atoms with Gasteiger partial charge in [-0.25, -0.2) is 29.0 Å². The second kappa shape index (κ2) is 12.6. The maximum atomic E-state index is 13.5. The molecular formula is C34H27N5O7. The second-order valence-electron chi connectivity index (χ2n) is 10.5. The van der Waals surface area contributed by atoms with Crippen molar-refractivity contribution in [2.45, 2.75) is 24.5 Å². The van der Waals surface area contributed by atoms with E-state index in [-0.39, 0.29) is 17.7 Å². The Bertz CT molecular complexity index is 1910. The number of aromatic nitrogens is 4. The average molecular weight is 618 g/mol. The van der Waals surface area contributed by atoms with Gasteiger partial charge in [0, 0.05) is 6.54 Å². The first kappa shape index (κ1) is 28.9. The molecule has 12 heteroatoms. The zero-order chi connectivity index (χ0) is 31.5. The van der Waals surface area contributed by atoms with Gasteiger partial charge in [-0.2, -0.15) is 5.10 Å². The Morgan fingerprint density at radius 2 is 1.37 bits per heavy atom. The molecule has 5 aromatic rings. The van der Waals surface area contributed by atoms with Gasteiger partial charge in [0.2, 0.25) is 0 Å². The zero-order valence-corrected chi connectivity index (χ0v) is 24.3. The molecule has 0 unspecified atom stereocenters. The van der Waals surface area contributed by atoms with Gasteiger partial charge in [0.25, 0.3) is 0 Å². The molecule has 0 saturated carbocycles. The van der Waals surface area contributed by atoms with Crippen molar-refractivity contribution >= 4 is 40.8 Å². The Morgan fingerprint density at radius 1 is 0.783 bits per heavy atom. The summed E-state index contributed by atoms with van der Waals surface area (Å²) in [6.45, 7) is 0.232. The predicted octanol–water partition coefficient (Wildman–Crippen LogP) is 4.47. The summed E-state index contributed by atoms with van der Waals surface area (Å²) in [6.07, 6.45) is 0.501. The number of nitrogens with one attached hydrogen (secondary N) is 1. The Balaban J connectivity index is 1.29. The van der Waals surface area contributed by atoms with Crippen LogP contribution in [0.5, 0.6) is 0 Å². The van der Waals surface area contributed by atoms with E-state index in [1.54, 1.807) is 91.0 Å². The molecule has 0 spiro atoms. The van der Waals surface area contributed by atoms with Gasteiger partial charge in [0.1, 0.15) is 24.9 Å². The van der Waals surface area contributed by atoms with E-state index >= 15 is 0 Å². The van der Waals surface area contributed by atoms with Crippen LogP contribution in [0.2, 0.25) is 0 Å². The van der Waals surface area contributed by atoms with E-state index < -0.39 is 42.4 Å². The summed E-state index contributed by atoms with van der Waals surface area (Å²) in [6, 6.07) is 25.3. The van der Waals surface area contributed by atoms with Crippen molar-refractivity contribution in [3.63, 3.8) is 0 Å². The predicted molar refractivity (Wildman–Crippen MR) is 165 cm³/mol. The summed E-state index contributed by atoms with van der Waals surface area (Å²) in [5.41, 5.74) is 1.87. The molecule has 4 atom stereocenters. The molecule has 2 aromatic heterocycles. The number of ether oxygens (including phenoxy) is 4. The lowest BCUT2D eigenvalue weighted by molar-refractivity contribution is -0.0654. The van der Waals surface area contributed by atoms with E-state index in [4.69, 9.17) is 24.0 Å². The van der Waals surface area contributed by atoms with Crippen LogP contribution in [-0.2, 0) is 18.9 Å². The molecule has 1 fully saturated rings. The van der Waals surface area contributed by atoms with Gasteiger partial charge in [0.05, 0.1) is 27.8 Å². The first-order valence-electron chi connectivity index (χ1n) is 14.6.